The van der Waals surface area contributed by atoms with Gasteiger partial charge in [0.15, 0.2) is 11.5 Å². The minimum Gasteiger partial charge on any atom is -0.454 e. The van der Waals surface area contributed by atoms with Gasteiger partial charge in [-0.25, -0.2) is 4.39 Å². The van der Waals surface area contributed by atoms with Gasteiger partial charge >= 0.3 is 0 Å². The van der Waals surface area contributed by atoms with Gasteiger partial charge in [-0.15, -0.1) is 0 Å². The van der Waals surface area contributed by atoms with Crippen molar-refractivity contribution < 1.29 is 13.9 Å². The predicted octanol–water partition coefficient (Wildman–Crippen LogP) is 4.56. The molecule has 28 heavy (non-hydrogen) atoms. The second kappa shape index (κ2) is 6.23. The van der Waals surface area contributed by atoms with Crippen molar-refractivity contribution in [2.45, 2.75) is 6.92 Å². The van der Waals surface area contributed by atoms with Crippen molar-refractivity contribution in [2.24, 2.45) is 7.05 Å². The first-order chi connectivity index (χ1) is 13.6. The van der Waals surface area contributed by atoms with Crippen molar-refractivity contribution in [1.29, 1.82) is 0 Å². The number of nitrogens with one attached hydrogen (secondary N) is 1. The number of hydrogen-bond acceptors (Lipinski definition) is 5. The summed E-state index contributed by atoms with van der Waals surface area (Å²) in [4.78, 5) is 4.70. The fourth-order valence-electron chi connectivity index (χ4n) is 3.55. The second-order valence-corrected chi connectivity index (χ2v) is 6.65. The van der Waals surface area contributed by atoms with Gasteiger partial charge in [-0.2, -0.15) is 5.10 Å². The van der Waals surface area contributed by atoms with Crippen LogP contribution in [0.4, 0.5) is 15.8 Å². The lowest BCUT2D eigenvalue weighted by molar-refractivity contribution is 0.174. The Morgan fingerprint density at radius 3 is 2.68 bits per heavy atom. The number of nitrogens with zero attached hydrogens (tertiary/aromatic N) is 3. The van der Waals surface area contributed by atoms with E-state index in [0.29, 0.717) is 5.75 Å². The molecule has 0 saturated carbocycles. The number of fused-ring (bicyclic) bond motifs is 2. The number of rotatable bonds is 3. The topological polar surface area (TPSA) is 61.2 Å². The van der Waals surface area contributed by atoms with Gasteiger partial charge < -0.3 is 14.8 Å². The van der Waals surface area contributed by atoms with Gasteiger partial charge in [-0.3, -0.25) is 9.67 Å². The number of aromatic nitrogens is 3. The lowest BCUT2D eigenvalue weighted by atomic mass is 10.0. The highest BCUT2D eigenvalue weighted by Gasteiger charge is 2.20. The summed E-state index contributed by atoms with van der Waals surface area (Å²) in [5, 5.41) is 8.85. The molecule has 0 atom stereocenters. The molecule has 140 valence electrons. The molecule has 0 unspecified atom stereocenters. The first-order valence-corrected chi connectivity index (χ1v) is 8.85. The molecular formula is C21H17FN4O2. The van der Waals surface area contributed by atoms with Gasteiger partial charge in [0.1, 0.15) is 5.82 Å². The molecule has 4 aromatic rings. The third-order valence-corrected chi connectivity index (χ3v) is 4.81. The van der Waals surface area contributed by atoms with E-state index in [9.17, 15) is 4.39 Å². The van der Waals surface area contributed by atoms with Crippen LogP contribution >= 0.6 is 0 Å². The maximum absolute atomic E-state index is 13.2. The van der Waals surface area contributed by atoms with Crippen molar-refractivity contribution in [3.63, 3.8) is 0 Å². The van der Waals surface area contributed by atoms with Gasteiger partial charge in [0.2, 0.25) is 6.79 Å². The average molecular weight is 376 g/mol. The Kier molecular flexibility index (Phi) is 3.68. The Balaban J connectivity index is 1.65. The summed E-state index contributed by atoms with van der Waals surface area (Å²) in [6.07, 6.45) is 1.77. The van der Waals surface area contributed by atoms with E-state index in [1.165, 1.54) is 12.1 Å². The molecule has 1 N–H and O–H groups in total. The molecule has 0 spiro atoms. The van der Waals surface area contributed by atoms with E-state index in [-0.39, 0.29) is 12.6 Å². The summed E-state index contributed by atoms with van der Waals surface area (Å²) in [5.41, 5.74) is 5.13. The van der Waals surface area contributed by atoms with Crippen LogP contribution in [0.3, 0.4) is 0 Å². The molecule has 7 heteroatoms. The Hall–Kier alpha value is -3.61. The van der Waals surface area contributed by atoms with Crippen LogP contribution in [-0.2, 0) is 7.05 Å². The van der Waals surface area contributed by atoms with Crippen molar-refractivity contribution in [2.75, 3.05) is 12.1 Å². The number of anilines is 2. The smallest absolute Gasteiger partial charge is 0.231 e. The maximum atomic E-state index is 13.2. The van der Waals surface area contributed by atoms with Crippen LogP contribution in [0.2, 0.25) is 0 Å². The van der Waals surface area contributed by atoms with Crippen molar-refractivity contribution in [3.8, 4) is 22.8 Å². The zero-order chi connectivity index (χ0) is 19.3. The minimum absolute atomic E-state index is 0.230. The predicted molar refractivity (Wildman–Crippen MR) is 104 cm³/mol. The normalized spacial score (nSPS) is 12.5. The zero-order valence-corrected chi connectivity index (χ0v) is 15.4. The summed E-state index contributed by atoms with van der Waals surface area (Å²) in [6, 6.07) is 12.0. The second-order valence-electron chi connectivity index (χ2n) is 6.65. The Morgan fingerprint density at radius 1 is 1.07 bits per heavy atom. The van der Waals surface area contributed by atoms with Crippen LogP contribution in [0.1, 0.15) is 5.69 Å². The molecular weight excluding hydrogens is 359 g/mol. The monoisotopic (exact) mass is 376 g/mol. The van der Waals surface area contributed by atoms with Gasteiger partial charge in [0.05, 0.1) is 34.2 Å². The van der Waals surface area contributed by atoms with Crippen LogP contribution in [0.25, 0.3) is 22.2 Å². The van der Waals surface area contributed by atoms with E-state index in [1.807, 2.05) is 36.9 Å². The molecule has 1 aliphatic heterocycles. The maximum Gasteiger partial charge on any atom is 0.231 e. The van der Waals surface area contributed by atoms with Crippen molar-refractivity contribution in [3.05, 3.63) is 60.2 Å². The number of benzene rings is 2. The van der Waals surface area contributed by atoms with Crippen LogP contribution in [0.15, 0.2) is 48.7 Å². The standard InChI is InChI=1S/C21H17FN4O2/c1-12-19-20(13-3-8-17-18(9-13)28-11-27-17)23-10-16(21(19)26(2)25-12)24-15-6-4-14(22)5-7-15/h3-10,24H,11H2,1-2H3. The summed E-state index contributed by atoms with van der Waals surface area (Å²) in [6.45, 7) is 2.19. The molecule has 0 radical (unpaired) electrons. The molecule has 0 saturated heterocycles. The van der Waals surface area contributed by atoms with Crippen LogP contribution in [0, 0.1) is 12.7 Å². The van der Waals surface area contributed by atoms with Crippen LogP contribution < -0.4 is 14.8 Å². The summed E-state index contributed by atoms with van der Waals surface area (Å²) in [7, 11) is 1.90. The van der Waals surface area contributed by atoms with Gasteiger partial charge in [0, 0.05) is 18.3 Å². The number of hydrogen-bond donors (Lipinski definition) is 1. The fourth-order valence-corrected chi connectivity index (χ4v) is 3.55. The highest BCUT2D eigenvalue weighted by molar-refractivity contribution is 6.02. The number of ether oxygens (including phenoxy) is 2. The summed E-state index contributed by atoms with van der Waals surface area (Å²) >= 11 is 0. The highest BCUT2D eigenvalue weighted by atomic mass is 19.1. The van der Waals surface area contributed by atoms with E-state index in [4.69, 9.17) is 14.5 Å². The summed E-state index contributed by atoms with van der Waals surface area (Å²) in [5.74, 6) is 1.17. The van der Waals surface area contributed by atoms with E-state index in [2.05, 4.69) is 10.4 Å². The molecule has 2 aromatic carbocycles. The Labute approximate surface area is 160 Å². The van der Waals surface area contributed by atoms with E-state index in [0.717, 1.165) is 45.0 Å². The number of halogens is 1. The fraction of sp³-hybridized carbons (Fsp3) is 0.143. The highest BCUT2D eigenvalue weighted by Crippen LogP contribution is 2.39. The van der Waals surface area contributed by atoms with Crippen molar-refractivity contribution in [1.82, 2.24) is 14.8 Å². The van der Waals surface area contributed by atoms with Gasteiger partial charge in [0.25, 0.3) is 0 Å². The van der Waals surface area contributed by atoms with E-state index in [1.54, 1.807) is 18.3 Å². The SMILES string of the molecule is Cc1nn(C)c2c(Nc3ccc(F)cc3)cnc(-c3ccc4c(c3)OCO4)c12. The molecule has 5 rings (SSSR count). The lowest BCUT2D eigenvalue weighted by Gasteiger charge is -2.11. The Morgan fingerprint density at radius 2 is 1.86 bits per heavy atom. The molecule has 6 nitrogen and oxygen atoms in total. The Bertz CT molecular complexity index is 1200. The zero-order valence-electron chi connectivity index (χ0n) is 15.4. The molecule has 0 amide bonds. The largest absolute Gasteiger partial charge is 0.454 e. The van der Waals surface area contributed by atoms with Gasteiger partial charge in [-0.1, -0.05) is 0 Å². The first kappa shape index (κ1) is 16.6. The van der Waals surface area contributed by atoms with Crippen molar-refractivity contribution >= 4 is 22.3 Å². The number of pyridine rings is 1. The minimum atomic E-state index is -0.275. The first-order valence-electron chi connectivity index (χ1n) is 8.85. The molecule has 0 aliphatic carbocycles. The quantitative estimate of drug-likeness (QED) is 0.568. The van der Waals surface area contributed by atoms with E-state index >= 15 is 0 Å². The third-order valence-electron chi connectivity index (χ3n) is 4.81. The third kappa shape index (κ3) is 2.63. The van der Waals surface area contributed by atoms with Crippen LogP contribution in [0.5, 0.6) is 11.5 Å². The van der Waals surface area contributed by atoms with Gasteiger partial charge in [-0.05, 0) is 49.4 Å². The molecule has 0 fully saturated rings. The molecule has 3 heterocycles. The number of aryl methyl sites for hydroxylation is 2. The summed E-state index contributed by atoms with van der Waals surface area (Å²) < 4.78 is 25.9. The average Bonchev–Trinajstić information content (AvgIpc) is 3.28. The molecule has 0 bridgehead atoms. The lowest BCUT2D eigenvalue weighted by Crippen LogP contribution is -1.98. The molecule has 2 aromatic heterocycles. The van der Waals surface area contributed by atoms with Crippen LogP contribution in [-0.4, -0.2) is 21.6 Å². The van der Waals surface area contributed by atoms with E-state index < -0.39 is 0 Å². The molecule has 1 aliphatic rings.